The summed E-state index contributed by atoms with van der Waals surface area (Å²) in [6.45, 7) is 0. The van der Waals surface area contributed by atoms with Gasteiger partial charge in [0, 0.05) is 12.3 Å². The second kappa shape index (κ2) is 6.22. The molecule has 1 rings (SSSR count). The topological polar surface area (TPSA) is 81.7 Å². The van der Waals surface area contributed by atoms with Crippen molar-refractivity contribution in [3.8, 4) is 0 Å². The molecule has 96 valence electrons. The van der Waals surface area contributed by atoms with Gasteiger partial charge in [0.2, 0.25) is 5.91 Å². The molecule has 0 spiro atoms. The van der Waals surface area contributed by atoms with Gasteiger partial charge in [-0.25, -0.2) is 4.79 Å². The lowest BCUT2D eigenvalue weighted by Crippen LogP contribution is -2.42. The molecule has 17 heavy (non-hydrogen) atoms. The Bertz CT molecular complexity index is 311. The van der Waals surface area contributed by atoms with Crippen molar-refractivity contribution in [2.45, 2.75) is 31.7 Å². The molecule has 0 aromatic rings. The molecule has 6 heteroatoms. The quantitative estimate of drug-likeness (QED) is 0.664. The Labute approximate surface area is 99.6 Å². The van der Waals surface area contributed by atoms with Crippen molar-refractivity contribution in [3.63, 3.8) is 0 Å². The zero-order valence-corrected chi connectivity index (χ0v) is 10.0. The van der Waals surface area contributed by atoms with E-state index in [1.54, 1.807) is 0 Å². The van der Waals surface area contributed by atoms with Gasteiger partial charge >= 0.3 is 11.9 Å². The van der Waals surface area contributed by atoms with Gasteiger partial charge in [-0.1, -0.05) is 0 Å². The molecule has 0 aromatic carbocycles. The Kier molecular flexibility index (Phi) is 4.93. The summed E-state index contributed by atoms with van der Waals surface area (Å²) in [6.07, 6.45) is 1.98. The van der Waals surface area contributed by atoms with Gasteiger partial charge in [0.05, 0.1) is 14.2 Å². The highest BCUT2D eigenvalue weighted by atomic mass is 16.5. The lowest BCUT2D eigenvalue weighted by molar-refractivity contribution is -0.146. The van der Waals surface area contributed by atoms with Gasteiger partial charge in [0.15, 0.2) is 0 Å². The Morgan fingerprint density at radius 3 is 2.35 bits per heavy atom. The van der Waals surface area contributed by atoms with Gasteiger partial charge in [-0.15, -0.1) is 0 Å². The average Bonchev–Trinajstić information content (AvgIpc) is 3.16. The number of hydrogen-bond donors (Lipinski definition) is 1. The number of methoxy groups -OCH3 is 2. The third-order valence-corrected chi connectivity index (χ3v) is 2.62. The fraction of sp³-hybridized carbons (Fsp3) is 0.727. The third kappa shape index (κ3) is 4.42. The van der Waals surface area contributed by atoms with Crippen LogP contribution in [0.1, 0.15) is 25.7 Å². The highest BCUT2D eigenvalue weighted by Crippen LogP contribution is 2.29. The Morgan fingerprint density at radius 1 is 1.24 bits per heavy atom. The van der Waals surface area contributed by atoms with E-state index in [1.807, 2.05) is 0 Å². The van der Waals surface area contributed by atoms with Gasteiger partial charge in [-0.2, -0.15) is 0 Å². The number of carbonyl (C=O) groups excluding carboxylic acids is 3. The van der Waals surface area contributed by atoms with E-state index >= 15 is 0 Å². The standard InChI is InChI=1S/C11H17NO5/c1-16-9(13)6-5-8(11(15)17-2)12-10(14)7-3-4-7/h7-8H,3-6H2,1-2H3,(H,12,14)/t8-/m0/s1. The number of rotatable bonds is 6. The maximum Gasteiger partial charge on any atom is 0.328 e. The molecule has 0 unspecified atom stereocenters. The number of nitrogens with one attached hydrogen (secondary N) is 1. The van der Waals surface area contributed by atoms with Crippen molar-refractivity contribution in [2.75, 3.05) is 14.2 Å². The van der Waals surface area contributed by atoms with Crippen molar-refractivity contribution in [2.24, 2.45) is 5.92 Å². The molecule has 1 atom stereocenters. The minimum absolute atomic E-state index is 0.0142. The van der Waals surface area contributed by atoms with Crippen LogP contribution < -0.4 is 5.32 Å². The zero-order valence-electron chi connectivity index (χ0n) is 10.0. The smallest absolute Gasteiger partial charge is 0.328 e. The lowest BCUT2D eigenvalue weighted by Gasteiger charge is -2.15. The molecule has 0 aromatic heterocycles. The summed E-state index contributed by atoms with van der Waals surface area (Å²) in [7, 11) is 2.52. The van der Waals surface area contributed by atoms with Crippen LogP contribution in [0.15, 0.2) is 0 Å². The van der Waals surface area contributed by atoms with Gasteiger partial charge in [0.25, 0.3) is 0 Å². The van der Waals surface area contributed by atoms with Crippen molar-refractivity contribution in [1.82, 2.24) is 5.32 Å². The van der Waals surface area contributed by atoms with E-state index in [0.29, 0.717) is 0 Å². The third-order valence-electron chi connectivity index (χ3n) is 2.62. The number of amides is 1. The molecule has 0 heterocycles. The first-order valence-electron chi connectivity index (χ1n) is 5.53. The molecule has 0 bridgehead atoms. The maximum absolute atomic E-state index is 11.5. The Morgan fingerprint density at radius 2 is 1.88 bits per heavy atom. The molecule has 1 aliphatic carbocycles. The summed E-state index contributed by atoms with van der Waals surface area (Å²) < 4.78 is 9.05. The molecule has 1 saturated carbocycles. The molecule has 0 aliphatic heterocycles. The van der Waals surface area contributed by atoms with E-state index in [2.05, 4.69) is 14.8 Å². The van der Waals surface area contributed by atoms with E-state index in [-0.39, 0.29) is 24.7 Å². The summed E-state index contributed by atoms with van der Waals surface area (Å²) in [6, 6.07) is -0.771. The highest BCUT2D eigenvalue weighted by molar-refractivity contribution is 5.87. The maximum atomic E-state index is 11.5. The van der Waals surface area contributed by atoms with Crippen LogP contribution in [0.2, 0.25) is 0 Å². The summed E-state index contributed by atoms with van der Waals surface area (Å²) in [5.41, 5.74) is 0. The number of carbonyl (C=O) groups is 3. The molecule has 1 N–H and O–H groups in total. The van der Waals surface area contributed by atoms with Crippen LogP contribution in [-0.2, 0) is 23.9 Å². The van der Waals surface area contributed by atoms with Crippen LogP contribution >= 0.6 is 0 Å². The minimum atomic E-state index is -0.771. The van der Waals surface area contributed by atoms with Gasteiger partial charge < -0.3 is 14.8 Å². The number of hydrogen-bond acceptors (Lipinski definition) is 5. The number of ether oxygens (including phenoxy) is 2. The zero-order chi connectivity index (χ0) is 12.8. The molecule has 1 fully saturated rings. The van der Waals surface area contributed by atoms with Crippen LogP contribution in [0.25, 0.3) is 0 Å². The van der Waals surface area contributed by atoms with E-state index < -0.39 is 18.0 Å². The Balaban J connectivity index is 2.44. The molecule has 0 radical (unpaired) electrons. The second-order valence-corrected chi connectivity index (χ2v) is 3.97. The van der Waals surface area contributed by atoms with Gasteiger partial charge in [0.1, 0.15) is 6.04 Å². The summed E-state index contributed by atoms with van der Waals surface area (Å²) in [4.78, 5) is 33.9. The average molecular weight is 243 g/mol. The summed E-state index contributed by atoms with van der Waals surface area (Å²) in [5, 5.41) is 2.59. The molecular formula is C11H17NO5. The van der Waals surface area contributed by atoms with Crippen LogP contribution in [-0.4, -0.2) is 38.1 Å². The predicted octanol–water partition coefficient (Wildman–Crippen LogP) is 0.00740. The van der Waals surface area contributed by atoms with Crippen LogP contribution in [0, 0.1) is 5.92 Å². The molecule has 1 aliphatic rings. The van der Waals surface area contributed by atoms with Gasteiger partial charge in [-0.05, 0) is 19.3 Å². The van der Waals surface area contributed by atoms with E-state index in [4.69, 9.17) is 0 Å². The number of esters is 2. The van der Waals surface area contributed by atoms with Crippen LogP contribution in [0.3, 0.4) is 0 Å². The van der Waals surface area contributed by atoms with Crippen molar-refractivity contribution < 1.29 is 23.9 Å². The first kappa shape index (κ1) is 13.5. The van der Waals surface area contributed by atoms with E-state index in [0.717, 1.165) is 12.8 Å². The molecule has 6 nitrogen and oxygen atoms in total. The molecular weight excluding hydrogens is 226 g/mol. The first-order chi connectivity index (χ1) is 8.08. The molecule has 1 amide bonds. The normalized spacial score (nSPS) is 15.9. The SMILES string of the molecule is COC(=O)CC[C@H](NC(=O)C1CC1)C(=O)OC. The fourth-order valence-corrected chi connectivity index (χ4v) is 1.39. The van der Waals surface area contributed by atoms with Gasteiger partial charge in [-0.3, -0.25) is 9.59 Å². The van der Waals surface area contributed by atoms with Crippen molar-refractivity contribution in [1.29, 1.82) is 0 Å². The van der Waals surface area contributed by atoms with E-state index in [9.17, 15) is 14.4 Å². The van der Waals surface area contributed by atoms with Crippen molar-refractivity contribution >= 4 is 17.8 Å². The minimum Gasteiger partial charge on any atom is -0.469 e. The highest BCUT2D eigenvalue weighted by Gasteiger charge is 2.33. The van der Waals surface area contributed by atoms with Crippen LogP contribution in [0.5, 0.6) is 0 Å². The largest absolute Gasteiger partial charge is 0.469 e. The second-order valence-electron chi connectivity index (χ2n) is 3.97. The predicted molar refractivity (Wildman–Crippen MR) is 57.9 cm³/mol. The lowest BCUT2D eigenvalue weighted by atomic mass is 10.1. The Hall–Kier alpha value is -1.59. The monoisotopic (exact) mass is 243 g/mol. The molecule has 0 saturated heterocycles. The first-order valence-corrected chi connectivity index (χ1v) is 5.53. The van der Waals surface area contributed by atoms with Crippen molar-refractivity contribution in [3.05, 3.63) is 0 Å². The fourth-order valence-electron chi connectivity index (χ4n) is 1.39. The van der Waals surface area contributed by atoms with Crippen LogP contribution in [0.4, 0.5) is 0 Å². The summed E-state index contributed by atoms with van der Waals surface area (Å²) in [5.74, 6) is -1.09. The summed E-state index contributed by atoms with van der Waals surface area (Å²) >= 11 is 0. The van der Waals surface area contributed by atoms with E-state index in [1.165, 1.54) is 14.2 Å².